The van der Waals surface area contributed by atoms with Crippen LogP contribution >= 0.6 is 0 Å². The maximum atomic E-state index is 5.37. The molecule has 0 spiro atoms. The number of hydrogen-bond acceptors (Lipinski definition) is 1. The first-order chi connectivity index (χ1) is 12.3. The summed E-state index contributed by atoms with van der Waals surface area (Å²) < 4.78 is 5.37. The van der Waals surface area contributed by atoms with Gasteiger partial charge in [0.25, 0.3) is 0 Å². The summed E-state index contributed by atoms with van der Waals surface area (Å²) >= 11 is 0. The second-order valence-electron chi connectivity index (χ2n) is 6.64. The van der Waals surface area contributed by atoms with Crippen molar-refractivity contribution in [2.75, 3.05) is 7.11 Å². The molecule has 0 radical (unpaired) electrons. The van der Waals surface area contributed by atoms with Crippen molar-refractivity contribution in [3.63, 3.8) is 0 Å². The van der Waals surface area contributed by atoms with Gasteiger partial charge in [0.2, 0.25) is 0 Å². The molecule has 1 nitrogen and oxygen atoms in total. The highest BCUT2D eigenvalue weighted by Gasteiger charge is 2.24. The van der Waals surface area contributed by atoms with Crippen molar-refractivity contribution < 1.29 is 4.74 Å². The maximum absolute atomic E-state index is 5.37. The summed E-state index contributed by atoms with van der Waals surface area (Å²) in [6.07, 6.45) is 3.30. The topological polar surface area (TPSA) is 9.23 Å². The Labute approximate surface area is 149 Å². The van der Waals surface area contributed by atoms with Crippen LogP contribution < -0.4 is 4.74 Å². The zero-order valence-corrected chi connectivity index (χ0v) is 14.7. The van der Waals surface area contributed by atoms with E-state index < -0.39 is 0 Å². The lowest BCUT2D eigenvalue weighted by atomic mass is 9.91. The maximum Gasteiger partial charge on any atom is 0.119 e. The average molecular weight is 326 g/mol. The third-order valence-electron chi connectivity index (χ3n) is 5.10. The van der Waals surface area contributed by atoms with Crippen molar-refractivity contribution >= 4 is 11.6 Å². The monoisotopic (exact) mass is 326 g/mol. The van der Waals surface area contributed by atoms with Gasteiger partial charge in [-0.3, -0.25) is 0 Å². The summed E-state index contributed by atoms with van der Waals surface area (Å²) in [5.74, 6) is 1.35. The van der Waals surface area contributed by atoms with Crippen LogP contribution in [0.2, 0.25) is 0 Å². The van der Waals surface area contributed by atoms with Gasteiger partial charge in [-0.05, 0) is 58.0 Å². The number of hydrogen-bond donors (Lipinski definition) is 0. The quantitative estimate of drug-likeness (QED) is 0.576. The molecule has 0 saturated carbocycles. The first-order valence-electron chi connectivity index (χ1n) is 8.78. The molecule has 3 aromatic rings. The molecule has 0 aromatic heterocycles. The van der Waals surface area contributed by atoms with Crippen LogP contribution in [0.1, 0.15) is 40.7 Å². The lowest BCUT2D eigenvalue weighted by Gasteiger charge is -2.13. The minimum absolute atomic E-state index is 0.433. The smallest absolute Gasteiger partial charge is 0.119 e. The van der Waals surface area contributed by atoms with Gasteiger partial charge in [-0.1, -0.05) is 67.6 Å². The number of benzene rings is 3. The molecule has 0 fully saturated rings. The van der Waals surface area contributed by atoms with Gasteiger partial charge in [0.05, 0.1) is 7.11 Å². The highest BCUT2D eigenvalue weighted by Crippen LogP contribution is 2.43. The Balaban J connectivity index is 1.72. The van der Waals surface area contributed by atoms with Crippen LogP contribution in [0.15, 0.2) is 72.8 Å². The predicted molar refractivity (Wildman–Crippen MR) is 105 cm³/mol. The molecule has 124 valence electrons. The van der Waals surface area contributed by atoms with Gasteiger partial charge in [0.1, 0.15) is 5.75 Å². The zero-order chi connectivity index (χ0) is 17.2. The van der Waals surface area contributed by atoms with E-state index in [2.05, 4.69) is 79.7 Å². The summed E-state index contributed by atoms with van der Waals surface area (Å²) in [6, 6.07) is 25.8. The molecule has 1 atom stereocenters. The number of allylic oxidation sites excluding steroid dienone is 1. The molecule has 0 saturated heterocycles. The Bertz CT molecular complexity index is 922. The minimum atomic E-state index is 0.433. The largest absolute Gasteiger partial charge is 0.497 e. The Kier molecular flexibility index (Phi) is 4.15. The van der Waals surface area contributed by atoms with Crippen LogP contribution in [-0.2, 0) is 6.42 Å². The molecule has 1 heteroatoms. The van der Waals surface area contributed by atoms with E-state index in [9.17, 15) is 0 Å². The molecule has 0 bridgehead atoms. The summed E-state index contributed by atoms with van der Waals surface area (Å²) in [7, 11) is 1.72. The van der Waals surface area contributed by atoms with Gasteiger partial charge < -0.3 is 4.74 Å². The number of methoxy groups -OCH3 is 1. The van der Waals surface area contributed by atoms with Crippen molar-refractivity contribution in [3.8, 4) is 5.75 Å². The summed E-state index contributed by atoms with van der Waals surface area (Å²) in [6.45, 7) is 2.31. The number of rotatable bonds is 4. The van der Waals surface area contributed by atoms with Crippen LogP contribution in [0.3, 0.4) is 0 Å². The van der Waals surface area contributed by atoms with E-state index >= 15 is 0 Å². The fraction of sp³-hybridized carbons (Fsp3) is 0.167. The third kappa shape index (κ3) is 2.98. The highest BCUT2D eigenvalue weighted by atomic mass is 16.5. The standard InChI is InChI=1S/C24H22O/c1-17-22-13-7-11-20(14-18-8-6-12-21(15-18)25-2)24(22)16-23(17)19-9-4-3-5-10-19/h3-13,15-17H,14H2,1-2H3. The van der Waals surface area contributed by atoms with E-state index in [1.54, 1.807) is 7.11 Å². The second kappa shape index (κ2) is 6.60. The molecule has 3 aromatic carbocycles. The second-order valence-corrected chi connectivity index (χ2v) is 6.64. The van der Waals surface area contributed by atoms with E-state index in [-0.39, 0.29) is 0 Å². The highest BCUT2D eigenvalue weighted by molar-refractivity contribution is 5.92. The first-order valence-corrected chi connectivity index (χ1v) is 8.78. The van der Waals surface area contributed by atoms with Gasteiger partial charge in [0.15, 0.2) is 0 Å². The van der Waals surface area contributed by atoms with E-state index in [1.165, 1.54) is 33.4 Å². The van der Waals surface area contributed by atoms with Gasteiger partial charge in [0, 0.05) is 5.92 Å². The predicted octanol–water partition coefficient (Wildman–Crippen LogP) is 5.94. The van der Waals surface area contributed by atoms with Crippen molar-refractivity contribution in [1.29, 1.82) is 0 Å². The van der Waals surface area contributed by atoms with Crippen LogP contribution in [0.4, 0.5) is 0 Å². The fourth-order valence-corrected chi connectivity index (χ4v) is 3.75. The molecule has 25 heavy (non-hydrogen) atoms. The van der Waals surface area contributed by atoms with E-state index in [1.807, 2.05) is 6.07 Å². The van der Waals surface area contributed by atoms with Crippen molar-refractivity contribution in [1.82, 2.24) is 0 Å². The van der Waals surface area contributed by atoms with E-state index in [0.717, 1.165) is 12.2 Å². The van der Waals surface area contributed by atoms with Crippen LogP contribution in [0.5, 0.6) is 5.75 Å². The van der Waals surface area contributed by atoms with E-state index in [0.29, 0.717) is 5.92 Å². The molecule has 0 N–H and O–H groups in total. The van der Waals surface area contributed by atoms with Gasteiger partial charge in [-0.15, -0.1) is 0 Å². The Morgan fingerprint density at radius 1 is 0.880 bits per heavy atom. The molecule has 0 heterocycles. The van der Waals surface area contributed by atoms with Crippen LogP contribution in [0, 0.1) is 0 Å². The average Bonchev–Trinajstić information content (AvgIpc) is 3.01. The molecule has 1 aliphatic rings. The minimum Gasteiger partial charge on any atom is -0.497 e. The molecule has 1 aliphatic carbocycles. The Morgan fingerprint density at radius 2 is 1.68 bits per heavy atom. The third-order valence-corrected chi connectivity index (χ3v) is 5.10. The summed E-state index contributed by atoms with van der Waals surface area (Å²) in [4.78, 5) is 0. The van der Waals surface area contributed by atoms with Gasteiger partial charge in [-0.25, -0.2) is 0 Å². The van der Waals surface area contributed by atoms with Gasteiger partial charge in [-0.2, -0.15) is 0 Å². The van der Waals surface area contributed by atoms with Gasteiger partial charge >= 0.3 is 0 Å². The SMILES string of the molecule is COc1cccc(Cc2cccc3c2C=C(c2ccccc2)C3C)c1. The molecule has 1 unspecified atom stereocenters. The van der Waals surface area contributed by atoms with E-state index in [4.69, 9.17) is 4.74 Å². The van der Waals surface area contributed by atoms with Crippen LogP contribution in [-0.4, -0.2) is 7.11 Å². The first kappa shape index (κ1) is 15.7. The Morgan fingerprint density at radius 3 is 2.48 bits per heavy atom. The lowest BCUT2D eigenvalue weighted by molar-refractivity contribution is 0.414. The Hall–Kier alpha value is -2.80. The zero-order valence-electron chi connectivity index (χ0n) is 14.7. The summed E-state index contributed by atoms with van der Waals surface area (Å²) in [5, 5.41) is 0. The van der Waals surface area contributed by atoms with Crippen molar-refractivity contribution in [3.05, 3.63) is 101 Å². The molecule has 0 amide bonds. The number of ether oxygens (including phenoxy) is 1. The lowest BCUT2D eigenvalue weighted by Crippen LogP contribution is -1.96. The number of fused-ring (bicyclic) bond motifs is 1. The fourth-order valence-electron chi connectivity index (χ4n) is 3.75. The van der Waals surface area contributed by atoms with Crippen LogP contribution in [0.25, 0.3) is 11.6 Å². The molecular weight excluding hydrogens is 304 g/mol. The summed E-state index contributed by atoms with van der Waals surface area (Å²) in [5.41, 5.74) is 8.20. The normalized spacial score (nSPS) is 15.6. The van der Waals surface area contributed by atoms with Crippen molar-refractivity contribution in [2.45, 2.75) is 19.3 Å². The molecule has 0 aliphatic heterocycles. The molecule has 4 rings (SSSR count). The van der Waals surface area contributed by atoms with Crippen molar-refractivity contribution in [2.24, 2.45) is 0 Å². The molecular formula is C24H22O.